The van der Waals surface area contributed by atoms with Crippen LogP contribution in [0.2, 0.25) is 5.02 Å². The van der Waals surface area contributed by atoms with Gasteiger partial charge in [0.2, 0.25) is 0 Å². The van der Waals surface area contributed by atoms with Crippen LogP contribution in [0.3, 0.4) is 0 Å². The Morgan fingerprint density at radius 1 is 1.25 bits per heavy atom. The molecule has 2 aromatic rings. The van der Waals surface area contributed by atoms with Gasteiger partial charge in [0.25, 0.3) is 0 Å². The van der Waals surface area contributed by atoms with E-state index in [0.29, 0.717) is 22.0 Å². The highest BCUT2D eigenvalue weighted by molar-refractivity contribution is 6.30. The number of methoxy groups -OCH3 is 1. The molecule has 0 aliphatic heterocycles. The average molecular weight is 296 g/mol. The molecule has 0 aromatic heterocycles. The van der Waals surface area contributed by atoms with Gasteiger partial charge in [-0.1, -0.05) is 23.7 Å². The Balaban J connectivity index is 2.04. The summed E-state index contributed by atoms with van der Waals surface area (Å²) >= 11 is 5.92. The first-order chi connectivity index (χ1) is 9.60. The number of anilines is 1. The monoisotopic (exact) mass is 295 g/mol. The van der Waals surface area contributed by atoms with Crippen LogP contribution in [-0.2, 0) is 0 Å². The Hall–Kier alpha value is -1.78. The quantitative estimate of drug-likeness (QED) is 0.885. The second kappa shape index (κ2) is 6.59. The van der Waals surface area contributed by atoms with E-state index < -0.39 is 6.10 Å². The fourth-order valence-electron chi connectivity index (χ4n) is 1.83. The summed E-state index contributed by atoms with van der Waals surface area (Å²) in [6.45, 7) is 0.266. The number of aliphatic hydroxyl groups is 1. The molecule has 0 aliphatic carbocycles. The fourth-order valence-corrected chi connectivity index (χ4v) is 2.00. The van der Waals surface area contributed by atoms with Crippen LogP contribution >= 0.6 is 11.6 Å². The van der Waals surface area contributed by atoms with Crippen LogP contribution in [0.1, 0.15) is 11.7 Å². The lowest BCUT2D eigenvalue weighted by molar-refractivity contribution is 0.191. The number of hydrogen-bond acceptors (Lipinski definition) is 3. The molecule has 106 valence electrons. The zero-order chi connectivity index (χ0) is 14.5. The highest BCUT2D eigenvalue weighted by Gasteiger charge is 2.09. The smallest absolute Gasteiger partial charge is 0.142 e. The first-order valence-electron chi connectivity index (χ1n) is 6.11. The molecule has 2 N–H and O–H groups in total. The van der Waals surface area contributed by atoms with E-state index in [2.05, 4.69) is 5.32 Å². The van der Waals surface area contributed by atoms with Crippen molar-refractivity contribution in [2.24, 2.45) is 0 Å². The van der Waals surface area contributed by atoms with Crippen molar-refractivity contribution in [1.82, 2.24) is 0 Å². The number of rotatable bonds is 5. The van der Waals surface area contributed by atoms with Gasteiger partial charge in [-0.25, -0.2) is 4.39 Å². The van der Waals surface area contributed by atoms with Crippen LogP contribution in [0.4, 0.5) is 10.1 Å². The van der Waals surface area contributed by atoms with Crippen LogP contribution in [0, 0.1) is 5.82 Å². The maximum Gasteiger partial charge on any atom is 0.142 e. The highest BCUT2D eigenvalue weighted by atomic mass is 35.5. The standard InChI is InChI=1S/C15H15ClFNO2/c1-20-15-7-4-11(16)8-13(15)18-9-14(19)10-2-5-12(17)6-3-10/h2-8,14,18-19H,9H2,1H3. The Kier molecular flexibility index (Phi) is 4.82. The molecule has 1 unspecified atom stereocenters. The molecule has 0 saturated carbocycles. The third kappa shape index (κ3) is 3.62. The number of hydrogen-bond donors (Lipinski definition) is 2. The molecule has 2 rings (SSSR count). The van der Waals surface area contributed by atoms with Gasteiger partial charge in [-0.3, -0.25) is 0 Å². The molecule has 2 aromatic carbocycles. The van der Waals surface area contributed by atoms with Crippen molar-refractivity contribution in [2.75, 3.05) is 19.0 Å². The molecule has 3 nitrogen and oxygen atoms in total. The average Bonchev–Trinajstić information content (AvgIpc) is 2.45. The summed E-state index contributed by atoms with van der Waals surface area (Å²) in [4.78, 5) is 0. The number of ether oxygens (including phenoxy) is 1. The van der Waals surface area contributed by atoms with Gasteiger partial charge in [0, 0.05) is 11.6 Å². The van der Waals surface area contributed by atoms with Crippen LogP contribution in [-0.4, -0.2) is 18.8 Å². The Labute approximate surface area is 122 Å². The zero-order valence-corrected chi connectivity index (χ0v) is 11.7. The van der Waals surface area contributed by atoms with Crippen LogP contribution < -0.4 is 10.1 Å². The van der Waals surface area contributed by atoms with E-state index in [9.17, 15) is 9.50 Å². The maximum absolute atomic E-state index is 12.8. The minimum atomic E-state index is -0.751. The molecule has 5 heteroatoms. The summed E-state index contributed by atoms with van der Waals surface area (Å²) in [5.41, 5.74) is 1.33. The number of aliphatic hydroxyl groups excluding tert-OH is 1. The van der Waals surface area contributed by atoms with Crippen molar-refractivity contribution in [3.8, 4) is 5.75 Å². The number of nitrogens with one attached hydrogen (secondary N) is 1. The normalized spacial score (nSPS) is 12.0. The lowest BCUT2D eigenvalue weighted by Crippen LogP contribution is -2.12. The van der Waals surface area contributed by atoms with E-state index in [1.54, 1.807) is 37.4 Å². The molecular formula is C15H15ClFNO2. The molecule has 20 heavy (non-hydrogen) atoms. The Morgan fingerprint density at radius 3 is 2.60 bits per heavy atom. The summed E-state index contributed by atoms with van der Waals surface area (Å²) in [6, 6.07) is 10.9. The second-order valence-electron chi connectivity index (χ2n) is 4.29. The maximum atomic E-state index is 12.8. The van der Waals surface area contributed by atoms with Crippen LogP contribution in [0.15, 0.2) is 42.5 Å². The minimum absolute atomic E-state index is 0.266. The topological polar surface area (TPSA) is 41.5 Å². The SMILES string of the molecule is COc1ccc(Cl)cc1NCC(O)c1ccc(F)cc1. The highest BCUT2D eigenvalue weighted by Crippen LogP contribution is 2.28. The van der Waals surface area contributed by atoms with Crippen molar-refractivity contribution in [3.63, 3.8) is 0 Å². The summed E-state index contributed by atoms with van der Waals surface area (Å²) in [7, 11) is 1.56. The summed E-state index contributed by atoms with van der Waals surface area (Å²) in [6.07, 6.45) is -0.751. The van der Waals surface area contributed by atoms with Gasteiger partial charge in [0.05, 0.1) is 18.9 Å². The molecule has 0 spiro atoms. The lowest BCUT2D eigenvalue weighted by Gasteiger charge is -2.15. The largest absolute Gasteiger partial charge is 0.495 e. The predicted molar refractivity (Wildman–Crippen MR) is 77.9 cm³/mol. The van der Waals surface area contributed by atoms with Crippen molar-refractivity contribution in [2.45, 2.75) is 6.10 Å². The first kappa shape index (κ1) is 14.6. The summed E-state index contributed by atoms with van der Waals surface area (Å²) in [5.74, 6) is 0.311. The van der Waals surface area contributed by atoms with Gasteiger partial charge in [-0.15, -0.1) is 0 Å². The zero-order valence-electron chi connectivity index (χ0n) is 10.9. The van der Waals surface area contributed by atoms with Crippen molar-refractivity contribution in [3.05, 3.63) is 58.9 Å². The van der Waals surface area contributed by atoms with E-state index in [1.165, 1.54) is 12.1 Å². The van der Waals surface area contributed by atoms with Gasteiger partial charge in [-0.2, -0.15) is 0 Å². The molecule has 0 fully saturated rings. The molecular weight excluding hydrogens is 281 g/mol. The summed E-state index contributed by atoms with van der Waals surface area (Å²) in [5, 5.41) is 13.7. The van der Waals surface area contributed by atoms with Gasteiger partial charge in [-0.05, 0) is 35.9 Å². The van der Waals surface area contributed by atoms with Crippen molar-refractivity contribution in [1.29, 1.82) is 0 Å². The number of halogens is 2. The first-order valence-corrected chi connectivity index (χ1v) is 6.49. The van der Waals surface area contributed by atoms with Gasteiger partial charge < -0.3 is 15.2 Å². The minimum Gasteiger partial charge on any atom is -0.495 e. The molecule has 0 radical (unpaired) electrons. The van der Waals surface area contributed by atoms with Gasteiger partial charge >= 0.3 is 0 Å². The van der Waals surface area contributed by atoms with E-state index in [4.69, 9.17) is 16.3 Å². The lowest BCUT2D eigenvalue weighted by atomic mass is 10.1. The van der Waals surface area contributed by atoms with E-state index >= 15 is 0 Å². The second-order valence-corrected chi connectivity index (χ2v) is 4.73. The molecule has 0 aliphatic rings. The Morgan fingerprint density at radius 2 is 1.95 bits per heavy atom. The fraction of sp³-hybridized carbons (Fsp3) is 0.200. The Bertz CT molecular complexity index is 575. The third-order valence-electron chi connectivity index (χ3n) is 2.90. The van der Waals surface area contributed by atoms with E-state index in [0.717, 1.165) is 0 Å². The predicted octanol–water partition coefficient (Wildman–Crippen LogP) is 3.63. The summed E-state index contributed by atoms with van der Waals surface area (Å²) < 4.78 is 18.0. The molecule has 0 bridgehead atoms. The van der Waals surface area contributed by atoms with Gasteiger partial charge in [0.1, 0.15) is 11.6 Å². The van der Waals surface area contributed by atoms with Gasteiger partial charge in [0.15, 0.2) is 0 Å². The molecule has 0 saturated heterocycles. The van der Waals surface area contributed by atoms with E-state index in [-0.39, 0.29) is 12.4 Å². The molecule has 0 amide bonds. The van der Waals surface area contributed by atoms with Crippen LogP contribution in [0.5, 0.6) is 5.75 Å². The molecule has 0 heterocycles. The van der Waals surface area contributed by atoms with Crippen molar-refractivity contribution < 1.29 is 14.2 Å². The molecule has 1 atom stereocenters. The van der Waals surface area contributed by atoms with E-state index in [1.807, 2.05) is 0 Å². The van der Waals surface area contributed by atoms with Crippen molar-refractivity contribution >= 4 is 17.3 Å². The van der Waals surface area contributed by atoms with Crippen LogP contribution in [0.25, 0.3) is 0 Å². The number of benzene rings is 2. The third-order valence-corrected chi connectivity index (χ3v) is 3.14.